The van der Waals surface area contributed by atoms with E-state index in [0.29, 0.717) is 36.0 Å². The lowest BCUT2D eigenvalue weighted by atomic mass is 10.1. The minimum absolute atomic E-state index is 0.00606. The van der Waals surface area contributed by atoms with Crippen molar-refractivity contribution in [3.05, 3.63) is 60.2 Å². The fraction of sp³-hybridized carbons (Fsp3) is 0.300. The number of hydrogen-bond donors (Lipinski definition) is 0. The van der Waals surface area contributed by atoms with E-state index in [9.17, 15) is 18.0 Å². The number of halogens is 3. The molecule has 0 unspecified atom stereocenters. The summed E-state index contributed by atoms with van der Waals surface area (Å²) < 4.78 is 48.5. The number of hydrogen-bond acceptors (Lipinski definition) is 6. The van der Waals surface area contributed by atoms with Crippen molar-refractivity contribution in [2.24, 2.45) is 0 Å². The number of nitrogens with zero attached hydrogens (tertiary/aromatic N) is 4. The molecule has 0 bridgehead atoms. The van der Waals surface area contributed by atoms with Crippen molar-refractivity contribution in [1.82, 2.24) is 19.9 Å². The first-order valence-corrected chi connectivity index (χ1v) is 9.13. The van der Waals surface area contributed by atoms with Crippen LogP contribution in [-0.4, -0.2) is 45.0 Å². The number of benzene rings is 1. The van der Waals surface area contributed by atoms with Gasteiger partial charge in [0.15, 0.2) is 0 Å². The number of carbonyl (C=O) groups excluding carboxylic acids is 1. The zero-order valence-electron chi connectivity index (χ0n) is 16.3. The molecule has 3 rings (SSSR count). The number of amides is 1. The van der Waals surface area contributed by atoms with E-state index in [2.05, 4.69) is 15.0 Å². The molecule has 1 aromatic carbocycles. The highest BCUT2D eigenvalue weighted by atomic mass is 19.4. The minimum atomic E-state index is -4.52. The lowest BCUT2D eigenvalue weighted by Gasteiger charge is -2.28. The van der Waals surface area contributed by atoms with Gasteiger partial charge in [0.1, 0.15) is 12.9 Å². The van der Waals surface area contributed by atoms with Gasteiger partial charge in [-0.05, 0) is 26.0 Å². The normalized spacial score (nSPS) is 12.4. The molecule has 30 heavy (non-hydrogen) atoms. The summed E-state index contributed by atoms with van der Waals surface area (Å²) in [7, 11) is 0. The van der Waals surface area contributed by atoms with Crippen LogP contribution in [0.25, 0.3) is 11.5 Å². The van der Waals surface area contributed by atoms with Crippen molar-refractivity contribution in [3.8, 4) is 17.5 Å². The lowest BCUT2D eigenvalue weighted by molar-refractivity contribution is -0.138. The van der Waals surface area contributed by atoms with Crippen LogP contribution in [0.15, 0.2) is 53.5 Å². The first-order valence-electron chi connectivity index (χ1n) is 9.13. The van der Waals surface area contributed by atoms with Crippen LogP contribution in [-0.2, 0) is 6.18 Å². The Morgan fingerprint density at radius 2 is 1.90 bits per heavy atom. The van der Waals surface area contributed by atoms with Crippen molar-refractivity contribution >= 4 is 5.91 Å². The Bertz CT molecular complexity index is 976. The molecule has 0 spiro atoms. The number of likely N-dealkylation sites (N-methyl/N-ethyl adjacent to an activating group) is 1. The summed E-state index contributed by atoms with van der Waals surface area (Å²) in [5.74, 6) is 0.0767. The van der Waals surface area contributed by atoms with Crippen molar-refractivity contribution < 1.29 is 27.1 Å². The molecule has 2 heterocycles. The molecule has 7 nitrogen and oxygen atoms in total. The van der Waals surface area contributed by atoms with Crippen LogP contribution in [0.5, 0.6) is 6.01 Å². The summed E-state index contributed by atoms with van der Waals surface area (Å²) >= 11 is 0. The fourth-order valence-corrected chi connectivity index (χ4v) is 2.84. The summed E-state index contributed by atoms with van der Waals surface area (Å²) in [5.41, 5.74) is 0.0148. The molecule has 0 saturated carbocycles. The largest absolute Gasteiger partial charge is 0.461 e. The Morgan fingerprint density at radius 1 is 1.20 bits per heavy atom. The topological polar surface area (TPSA) is 81.4 Å². The molecule has 1 atom stereocenters. The second kappa shape index (κ2) is 8.93. The second-order valence-electron chi connectivity index (χ2n) is 6.39. The standard InChI is InChI=1S/C20H19F3N4O3/c1-3-27(13(2)12-30-19-25-10-14(11-26-19)20(21,22)23)18(28)16-7-5-4-6-15(16)17-24-8-9-29-17/h4-11,13H,3,12H2,1-2H3/t13-/m0/s1. The quantitative estimate of drug-likeness (QED) is 0.573. The number of ether oxygens (including phenoxy) is 1. The number of carbonyl (C=O) groups is 1. The summed E-state index contributed by atoms with van der Waals surface area (Å²) in [6.07, 6.45) is -0.290. The Morgan fingerprint density at radius 3 is 2.50 bits per heavy atom. The highest BCUT2D eigenvalue weighted by Gasteiger charge is 2.31. The van der Waals surface area contributed by atoms with E-state index in [4.69, 9.17) is 9.15 Å². The molecule has 0 aliphatic heterocycles. The SMILES string of the molecule is CCN(C(=O)c1ccccc1-c1ncco1)[C@@H](C)COc1ncc(C(F)(F)F)cn1. The van der Waals surface area contributed by atoms with Crippen LogP contribution in [0.1, 0.15) is 29.8 Å². The van der Waals surface area contributed by atoms with E-state index in [1.54, 1.807) is 36.1 Å². The number of rotatable bonds is 7. The van der Waals surface area contributed by atoms with Gasteiger partial charge in [0, 0.05) is 24.5 Å². The molecule has 0 saturated heterocycles. The van der Waals surface area contributed by atoms with Gasteiger partial charge in [0.25, 0.3) is 5.91 Å². The average molecular weight is 420 g/mol. The van der Waals surface area contributed by atoms with Crippen molar-refractivity contribution in [2.45, 2.75) is 26.1 Å². The number of oxazole rings is 1. The van der Waals surface area contributed by atoms with E-state index in [0.717, 1.165) is 0 Å². The van der Waals surface area contributed by atoms with E-state index < -0.39 is 17.8 Å². The van der Waals surface area contributed by atoms with E-state index in [-0.39, 0.29) is 18.5 Å². The van der Waals surface area contributed by atoms with Gasteiger partial charge in [-0.25, -0.2) is 15.0 Å². The molecule has 158 valence electrons. The van der Waals surface area contributed by atoms with Crippen LogP contribution >= 0.6 is 0 Å². The Balaban J connectivity index is 1.71. The van der Waals surface area contributed by atoms with Crippen LogP contribution in [0.3, 0.4) is 0 Å². The molecule has 0 aliphatic carbocycles. The van der Waals surface area contributed by atoms with Gasteiger partial charge in [-0.3, -0.25) is 4.79 Å². The first-order chi connectivity index (χ1) is 14.3. The van der Waals surface area contributed by atoms with Crippen molar-refractivity contribution in [3.63, 3.8) is 0 Å². The Hall–Kier alpha value is -3.43. The van der Waals surface area contributed by atoms with Gasteiger partial charge in [0.05, 0.1) is 23.4 Å². The van der Waals surface area contributed by atoms with Gasteiger partial charge < -0.3 is 14.1 Å². The van der Waals surface area contributed by atoms with Crippen molar-refractivity contribution in [1.29, 1.82) is 0 Å². The van der Waals surface area contributed by atoms with Crippen LogP contribution in [0.2, 0.25) is 0 Å². The maximum absolute atomic E-state index is 13.1. The minimum Gasteiger partial charge on any atom is -0.461 e. The smallest absolute Gasteiger partial charge is 0.419 e. The molecule has 0 radical (unpaired) electrons. The summed E-state index contributed by atoms with van der Waals surface area (Å²) in [5, 5.41) is 0. The van der Waals surface area contributed by atoms with E-state index >= 15 is 0 Å². The Labute approximate surface area is 170 Å². The van der Waals surface area contributed by atoms with Crippen molar-refractivity contribution in [2.75, 3.05) is 13.2 Å². The third-order valence-corrected chi connectivity index (χ3v) is 4.36. The highest BCUT2D eigenvalue weighted by Crippen LogP contribution is 2.28. The molecule has 2 aromatic heterocycles. The third kappa shape index (κ3) is 4.76. The maximum Gasteiger partial charge on any atom is 0.419 e. The average Bonchev–Trinajstić information content (AvgIpc) is 3.27. The highest BCUT2D eigenvalue weighted by molar-refractivity contribution is 6.00. The van der Waals surface area contributed by atoms with Gasteiger partial charge in [-0.1, -0.05) is 12.1 Å². The van der Waals surface area contributed by atoms with Gasteiger partial charge in [0.2, 0.25) is 5.89 Å². The lowest BCUT2D eigenvalue weighted by Crippen LogP contribution is -2.42. The molecule has 0 fully saturated rings. The molecule has 10 heteroatoms. The number of aromatic nitrogens is 3. The molecular formula is C20H19F3N4O3. The van der Waals surface area contributed by atoms with Gasteiger partial charge in [-0.15, -0.1) is 0 Å². The molecule has 3 aromatic rings. The summed E-state index contributed by atoms with van der Waals surface area (Å²) in [6.45, 7) is 3.97. The third-order valence-electron chi connectivity index (χ3n) is 4.36. The zero-order chi connectivity index (χ0) is 21.7. The van der Waals surface area contributed by atoms with Crippen LogP contribution < -0.4 is 4.74 Å². The predicted octanol–water partition coefficient (Wildman–Crippen LogP) is 4.08. The molecule has 0 N–H and O–H groups in total. The van der Waals surface area contributed by atoms with E-state index in [1.165, 1.54) is 12.5 Å². The van der Waals surface area contributed by atoms with Crippen LogP contribution in [0, 0.1) is 0 Å². The van der Waals surface area contributed by atoms with E-state index in [1.807, 2.05) is 6.92 Å². The fourth-order valence-electron chi connectivity index (χ4n) is 2.84. The maximum atomic E-state index is 13.1. The molecule has 0 aliphatic rings. The molecule has 1 amide bonds. The summed E-state index contributed by atoms with van der Waals surface area (Å²) in [4.78, 5) is 26.0. The van der Waals surface area contributed by atoms with Gasteiger partial charge in [-0.2, -0.15) is 13.2 Å². The van der Waals surface area contributed by atoms with Gasteiger partial charge >= 0.3 is 12.2 Å². The Kier molecular flexibility index (Phi) is 6.34. The van der Waals surface area contributed by atoms with Crippen LogP contribution in [0.4, 0.5) is 13.2 Å². The summed E-state index contributed by atoms with van der Waals surface area (Å²) in [6, 6.07) is 6.34. The monoisotopic (exact) mass is 420 g/mol. The zero-order valence-corrected chi connectivity index (χ0v) is 16.3. The number of alkyl halides is 3. The molecular weight excluding hydrogens is 401 g/mol. The predicted molar refractivity (Wildman–Crippen MR) is 101 cm³/mol. The first kappa shape index (κ1) is 21.3. The second-order valence-corrected chi connectivity index (χ2v) is 6.39.